The van der Waals surface area contributed by atoms with Gasteiger partial charge in [-0.05, 0) is 50.6 Å². The van der Waals surface area contributed by atoms with E-state index in [1.165, 1.54) is 25.9 Å². The van der Waals surface area contributed by atoms with E-state index in [1.807, 2.05) is 18.2 Å². The fourth-order valence-electron chi connectivity index (χ4n) is 3.94. The Morgan fingerprint density at radius 1 is 0.938 bits per heavy atom. The van der Waals surface area contributed by atoms with Crippen LogP contribution in [-0.4, -0.2) is 50.3 Å². The van der Waals surface area contributed by atoms with Crippen LogP contribution in [0.1, 0.15) is 19.3 Å². The number of rotatable bonds is 9. The van der Waals surface area contributed by atoms with Gasteiger partial charge in [-0.3, -0.25) is 4.98 Å². The highest BCUT2D eigenvalue weighted by molar-refractivity contribution is 6.37. The minimum atomic E-state index is 0.454. The Bertz CT molecular complexity index is 1090. The van der Waals surface area contributed by atoms with Crippen molar-refractivity contribution in [2.24, 2.45) is 0 Å². The van der Waals surface area contributed by atoms with E-state index < -0.39 is 0 Å². The van der Waals surface area contributed by atoms with E-state index in [0.717, 1.165) is 29.6 Å². The van der Waals surface area contributed by atoms with E-state index >= 15 is 0 Å². The molecule has 0 unspecified atom stereocenters. The third-order valence-electron chi connectivity index (χ3n) is 5.61. The number of likely N-dealkylation sites (tertiary alicyclic amines) is 1. The predicted molar refractivity (Wildman–Crippen MR) is 130 cm³/mol. The molecule has 1 aliphatic rings. The smallest absolute Gasteiger partial charge is 0.163 e. The van der Waals surface area contributed by atoms with Gasteiger partial charge in [0.2, 0.25) is 0 Å². The number of pyridine rings is 1. The summed E-state index contributed by atoms with van der Waals surface area (Å²) >= 11 is 12.6. The van der Waals surface area contributed by atoms with Crippen LogP contribution in [0.4, 0.5) is 11.4 Å². The summed E-state index contributed by atoms with van der Waals surface area (Å²) in [5, 5.41) is 5.19. The van der Waals surface area contributed by atoms with Gasteiger partial charge >= 0.3 is 0 Å². The zero-order chi connectivity index (χ0) is 22.5. The molecule has 2 heterocycles. The summed E-state index contributed by atoms with van der Waals surface area (Å²) in [4.78, 5) is 7.00. The van der Waals surface area contributed by atoms with Crippen LogP contribution in [0.3, 0.4) is 0 Å². The molecular weight excluding hydrogens is 449 g/mol. The molecule has 1 N–H and O–H groups in total. The first-order valence-corrected chi connectivity index (χ1v) is 11.5. The van der Waals surface area contributed by atoms with Gasteiger partial charge in [-0.1, -0.05) is 23.2 Å². The van der Waals surface area contributed by atoms with Crippen molar-refractivity contribution < 1.29 is 14.2 Å². The summed E-state index contributed by atoms with van der Waals surface area (Å²) < 4.78 is 17.0. The average Bonchev–Trinajstić information content (AvgIpc) is 3.31. The molecule has 8 heteroatoms. The van der Waals surface area contributed by atoms with Crippen LogP contribution in [-0.2, 0) is 0 Å². The van der Waals surface area contributed by atoms with Crippen molar-refractivity contribution in [1.29, 1.82) is 0 Å². The van der Waals surface area contributed by atoms with E-state index in [9.17, 15) is 0 Å². The lowest BCUT2D eigenvalue weighted by atomic mass is 10.1. The molecule has 1 saturated heterocycles. The third kappa shape index (κ3) is 5.14. The molecule has 1 fully saturated rings. The van der Waals surface area contributed by atoms with Crippen molar-refractivity contribution in [3.63, 3.8) is 0 Å². The number of hydrogen-bond donors (Lipinski definition) is 1. The van der Waals surface area contributed by atoms with Crippen molar-refractivity contribution in [1.82, 2.24) is 9.88 Å². The molecule has 0 aliphatic carbocycles. The second-order valence-electron chi connectivity index (χ2n) is 7.72. The van der Waals surface area contributed by atoms with Gasteiger partial charge in [0.25, 0.3) is 0 Å². The summed E-state index contributed by atoms with van der Waals surface area (Å²) in [5.74, 6) is 1.89. The molecule has 0 bridgehead atoms. The number of aromatic nitrogens is 1. The quantitative estimate of drug-likeness (QED) is 0.373. The molecular formula is C24H27Cl2N3O3. The van der Waals surface area contributed by atoms with Crippen LogP contribution in [0.15, 0.2) is 36.5 Å². The lowest BCUT2D eigenvalue weighted by Crippen LogP contribution is -2.21. The summed E-state index contributed by atoms with van der Waals surface area (Å²) in [6.45, 7) is 4.09. The maximum atomic E-state index is 6.40. The van der Waals surface area contributed by atoms with Crippen molar-refractivity contribution in [3.05, 3.63) is 46.6 Å². The molecule has 32 heavy (non-hydrogen) atoms. The van der Waals surface area contributed by atoms with Crippen LogP contribution in [0.25, 0.3) is 10.9 Å². The molecule has 2 aromatic carbocycles. The van der Waals surface area contributed by atoms with Gasteiger partial charge < -0.3 is 24.4 Å². The standard InChI is InChI=1S/C24H27Cl2N3O3/c1-30-22-15-21(17(25)13-18(22)26)28-19-6-7-27-20-14-24(23(31-2)12-16(19)20)32-11-5-10-29-8-3-4-9-29/h6-7,12-15H,3-5,8-11H2,1-2H3,(H,27,28). The van der Waals surface area contributed by atoms with Crippen LogP contribution >= 0.6 is 23.2 Å². The highest BCUT2D eigenvalue weighted by atomic mass is 35.5. The summed E-state index contributed by atoms with van der Waals surface area (Å²) in [6, 6.07) is 9.16. The zero-order valence-corrected chi connectivity index (χ0v) is 19.8. The largest absolute Gasteiger partial charge is 0.495 e. The summed E-state index contributed by atoms with van der Waals surface area (Å²) in [6.07, 6.45) is 5.33. The minimum absolute atomic E-state index is 0.454. The minimum Gasteiger partial charge on any atom is -0.495 e. The number of methoxy groups -OCH3 is 2. The third-order valence-corrected chi connectivity index (χ3v) is 6.22. The van der Waals surface area contributed by atoms with Crippen LogP contribution in [0.2, 0.25) is 10.0 Å². The summed E-state index contributed by atoms with van der Waals surface area (Å²) in [5.41, 5.74) is 2.31. The number of halogens is 2. The molecule has 1 aliphatic heterocycles. The number of nitrogens with one attached hydrogen (secondary N) is 1. The fourth-order valence-corrected chi connectivity index (χ4v) is 4.45. The maximum Gasteiger partial charge on any atom is 0.163 e. The first-order chi connectivity index (χ1) is 15.6. The second-order valence-corrected chi connectivity index (χ2v) is 8.54. The Balaban J connectivity index is 1.55. The van der Waals surface area contributed by atoms with Crippen LogP contribution in [0.5, 0.6) is 17.2 Å². The Hall–Kier alpha value is -2.41. The van der Waals surface area contributed by atoms with Crippen molar-refractivity contribution in [2.75, 3.05) is 45.8 Å². The van der Waals surface area contributed by atoms with Crippen molar-refractivity contribution in [2.45, 2.75) is 19.3 Å². The molecule has 0 amide bonds. The number of benzene rings is 2. The van der Waals surface area contributed by atoms with E-state index in [4.69, 9.17) is 37.4 Å². The molecule has 0 radical (unpaired) electrons. The van der Waals surface area contributed by atoms with Crippen molar-refractivity contribution >= 4 is 45.5 Å². The molecule has 0 saturated carbocycles. The first-order valence-electron chi connectivity index (χ1n) is 10.7. The monoisotopic (exact) mass is 475 g/mol. The average molecular weight is 476 g/mol. The van der Waals surface area contributed by atoms with Crippen molar-refractivity contribution in [3.8, 4) is 17.2 Å². The Morgan fingerprint density at radius 2 is 1.72 bits per heavy atom. The van der Waals surface area contributed by atoms with E-state index in [-0.39, 0.29) is 0 Å². The molecule has 4 rings (SSSR count). The second kappa shape index (κ2) is 10.5. The summed E-state index contributed by atoms with van der Waals surface area (Å²) in [7, 11) is 3.21. The van der Waals surface area contributed by atoms with Gasteiger partial charge in [-0.15, -0.1) is 0 Å². The number of anilines is 2. The molecule has 3 aromatic rings. The molecule has 1 aromatic heterocycles. The number of nitrogens with zero attached hydrogens (tertiary/aromatic N) is 2. The van der Waals surface area contributed by atoms with Gasteiger partial charge in [-0.25, -0.2) is 0 Å². The van der Waals surface area contributed by atoms with Gasteiger partial charge in [0, 0.05) is 35.9 Å². The topological polar surface area (TPSA) is 55.8 Å². The Labute approximate surface area is 198 Å². The fraction of sp³-hybridized carbons (Fsp3) is 0.375. The highest BCUT2D eigenvalue weighted by Crippen LogP contribution is 2.39. The van der Waals surface area contributed by atoms with Gasteiger partial charge in [0.05, 0.1) is 42.1 Å². The highest BCUT2D eigenvalue weighted by Gasteiger charge is 2.14. The molecule has 170 valence electrons. The van der Waals surface area contributed by atoms with E-state index in [0.29, 0.717) is 39.6 Å². The van der Waals surface area contributed by atoms with Crippen LogP contribution in [0, 0.1) is 0 Å². The normalized spacial score (nSPS) is 14.0. The molecule has 6 nitrogen and oxygen atoms in total. The Kier molecular flexibility index (Phi) is 7.45. The van der Waals surface area contributed by atoms with Gasteiger partial charge in [0.1, 0.15) is 5.75 Å². The SMILES string of the molecule is COc1cc(Nc2ccnc3cc(OCCCN4CCCC4)c(OC)cc23)c(Cl)cc1Cl. The lowest BCUT2D eigenvalue weighted by molar-refractivity contribution is 0.254. The maximum absolute atomic E-state index is 6.40. The number of hydrogen-bond acceptors (Lipinski definition) is 6. The first kappa shape index (κ1) is 22.8. The zero-order valence-electron chi connectivity index (χ0n) is 18.3. The number of fused-ring (bicyclic) bond motifs is 1. The van der Waals surface area contributed by atoms with Gasteiger partial charge in [0.15, 0.2) is 11.5 Å². The lowest BCUT2D eigenvalue weighted by Gasteiger charge is -2.17. The predicted octanol–water partition coefficient (Wildman–Crippen LogP) is 6.17. The Morgan fingerprint density at radius 3 is 2.47 bits per heavy atom. The molecule has 0 atom stereocenters. The van der Waals surface area contributed by atoms with Gasteiger partial charge in [-0.2, -0.15) is 0 Å². The van der Waals surface area contributed by atoms with Crippen LogP contribution < -0.4 is 19.5 Å². The molecule has 0 spiro atoms. The number of ether oxygens (including phenoxy) is 3. The van der Waals surface area contributed by atoms with E-state index in [2.05, 4.69) is 15.2 Å². The van der Waals surface area contributed by atoms with E-state index in [1.54, 1.807) is 32.5 Å².